The fourth-order valence-electron chi connectivity index (χ4n) is 8.93. The minimum absolute atomic E-state index is 0.560. The molecule has 6 nitrogen and oxygen atoms in total. The van der Waals surface area contributed by atoms with Crippen LogP contribution in [0.15, 0.2) is 194 Å². The Balaban J connectivity index is 1.19. The van der Waals surface area contributed by atoms with Crippen molar-refractivity contribution in [1.82, 2.24) is 28.7 Å². The average molecular weight is 729 g/mol. The molecule has 0 amide bonds. The van der Waals surface area contributed by atoms with E-state index in [-0.39, 0.29) is 0 Å². The lowest BCUT2D eigenvalue weighted by atomic mass is 10.0. The maximum absolute atomic E-state index is 5.38. The lowest BCUT2D eigenvalue weighted by Gasteiger charge is -2.14. The maximum Gasteiger partial charge on any atom is 0.240 e. The van der Waals surface area contributed by atoms with E-state index in [1.54, 1.807) is 0 Å². The van der Waals surface area contributed by atoms with Crippen LogP contribution in [0.25, 0.3) is 106 Å². The summed E-state index contributed by atoms with van der Waals surface area (Å²) in [7, 11) is 0. The number of aromatic nitrogens is 6. The number of hydrogen-bond acceptors (Lipinski definition) is 3. The van der Waals surface area contributed by atoms with Crippen molar-refractivity contribution in [2.75, 3.05) is 0 Å². The number of para-hydroxylation sites is 5. The SMILES string of the molecule is c1ccc(-c2nc(-n3c4ccccc4c4ccccc43)nc(-n3c4ccccc4c4c5c6ccccc6n(-c6ccccc6-c6ccccc6)c5ccc43)n2)cc1. The van der Waals surface area contributed by atoms with Crippen LogP contribution < -0.4 is 0 Å². The summed E-state index contributed by atoms with van der Waals surface area (Å²) in [5.74, 6) is 1.74. The van der Waals surface area contributed by atoms with Crippen LogP contribution in [0.3, 0.4) is 0 Å². The van der Waals surface area contributed by atoms with E-state index < -0.39 is 0 Å². The van der Waals surface area contributed by atoms with Gasteiger partial charge in [-0.3, -0.25) is 9.13 Å². The van der Waals surface area contributed by atoms with Crippen molar-refractivity contribution in [3.05, 3.63) is 194 Å². The topological polar surface area (TPSA) is 53.5 Å². The molecule has 0 N–H and O–H groups in total. The molecule has 0 aliphatic heterocycles. The molecular formula is C51H32N6. The van der Waals surface area contributed by atoms with Gasteiger partial charge in [0, 0.05) is 43.4 Å². The van der Waals surface area contributed by atoms with E-state index in [0.29, 0.717) is 17.7 Å². The summed E-state index contributed by atoms with van der Waals surface area (Å²) < 4.78 is 6.82. The van der Waals surface area contributed by atoms with Crippen LogP contribution in [0.1, 0.15) is 0 Å². The van der Waals surface area contributed by atoms with E-state index in [0.717, 1.165) is 65.9 Å². The first-order chi connectivity index (χ1) is 28.3. The summed E-state index contributed by atoms with van der Waals surface area (Å²) in [4.78, 5) is 15.9. The van der Waals surface area contributed by atoms with Crippen LogP contribution in [0.4, 0.5) is 0 Å². The highest BCUT2D eigenvalue weighted by atomic mass is 15.3. The maximum atomic E-state index is 5.38. The lowest BCUT2D eigenvalue weighted by Crippen LogP contribution is -2.10. The molecule has 57 heavy (non-hydrogen) atoms. The molecule has 0 spiro atoms. The highest BCUT2D eigenvalue weighted by Gasteiger charge is 2.24. The minimum atomic E-state index is 0.560. The Bertz CT molecular complexity index is 3470. The van der Waals surface area contributed by atoms with Crippen molar-refractivity contribution >= 4 is 65.4 Å². The molecule has 4 aromatic heterocycles. The molecule has 0 aliphatic carbocycles. The van der Waals surface area contributed by atoms with Crippen LogP contribution in [-0.2, 0) is 0 Å². The number of nitrogens with zero attached hydrogens (tertiary/aromatic N) is 6. The average Bonchev–Trinajstić information content (AvgIpc) is 3.92. The van der Waals surface area contributed by atoms with Gasteiger partial charge in [-0.25, -0.2) is 0 Å². The molecule has 6 heteroatoms. The number of benzene rings is 8. The van der Waals surface area contributed by atoms with E-state index in [9.17, 15) is 0 Å². The first kappa shape index (κ1) is 31.5. The summed E-state index contributed by atoms with van der Waals surface area (Å²) in [5, 5.41) is 6.99. The molecule has 0 aliphatic rings. The second kappa shape index (κ2) is 12.3. The first-order valence-electron chi connectivity index (χ1n) is 19.2. The van der Waals surface area contributed by atoms with Crippen LogP contribution in [0.5, 0.6) is 0 Å². The molecule has 0 fully saturated rings. The van der Waals surface area contributed by atoms with E-state index >= 15 is 0 Å². The largest absolute Gasteiger partial charge is 0.309 e. The van der Waals surface area contributed by atoms with Gasteiger partial charge in [0.25, 0.3) is 0 Å². The zero-order valence-corrected chi connectivity index (χ0v) is 30.7. The molecule has 0 atom stereocenters. The Hall–Kier alpha value is -7.83. The molecule has 0 unspecified atom stereocenters. The molecule has 8 aromatic carbocycles. The van der Waals surface area contributed by atoms with Gasteiger partial charge in [-0.05, 0) is 48.0 Å². The van der Waals surface area contributed by atoms with Crippen LogP contribution in [0, 0.1) is 0 Å². The minimum Gasteiger partial charge on any atom is -0.309 e. The molecule has 0 saturated carbocycles. The van der Waals surface area contributed by atoms with Crippen molar-refractivity contribution in [3.63, 3.8) is 0 Å². The van der Waals surface area contributed by atoms with Crippen molar-refractivity contribution in [2.45, 2.75) is 0 Å². The normalized spacial score (nSPS) is 11.9. The van der Waals surface area contributed by atoms with E-state index in [1.807, 2.05) is 18.2 Å². The zero-order chi connectivity index (χ0) is 37.5. The molecule has 0 bridgehead atoms. The van der Waals surface area contributed by atoms with Crippen LogP contribution >= 0.6 is 0 Å². The summed E-state index contributed by atoms with van der Waals surface area (Å²) in [6, 6.07) is 68.4. The molecule has 0 saturated heterocycles. The highest BCUT2D eigenvalue weighted by molar-refractivity contribution is 6.29. The van der Waals surface area contributed by atoms with Gasteiger partial charge < -0.3 is 4.57 Å². The lowest BCUT2D eigenvalue weighted by molar-refractivity contribution is 0.893. The Morgan fingerprint density at radius 1 is 0.281 bits per heavy atom. The van der Waals surface area contributed by atoms with Gasteiger partial charge in [-0.2, -0.15) is 15.0 Å². The van der Waals surface area contributed by atoms with Crippen LogP contribution in [-0.4, -0.2) is 28.7 Å². The van der Waals surface area contributed by atoms with Gasteiger partial charge in [0.1, 0.15) is 0 Å². The Kier molecular flexibility index (Phi) is 6.83. The smallest absolute Gasteiger partial charge is 0.240 e. The third-order valence-corrected chi connectivity index (χ3v) is 11.3. The van der Waals surface area contributed by atoms with Gasteiger partial charge in [0.05, 0.1) is 38.8 Å². The quantitative estimate of drug-likeness (QED) is 0.177. The Labute approximate surface area is 327 Å². The van der Waals surface area contributed by atoms with Crippen molar-refractivity contribution < 1.29 is 0 Å². The Morgan fingerprint density at radius 2 is 0.684 bits per heavy atom. The standard InChI is InChI=1S/C51H32N6/c1-3-17-33(18-4-1)35-21-7-12-26-40(35)55-43-29-15-10-24-38(43)47-45(55)31-32-46-48(47)39-25-11-16-30-44(39)57(46)51-53-49(34-19-5-2-6-20-34)52-50(54-51)56-41-27-13-8-22-36(41)37-23-9-14-28-42(37)56/h1-32H. The number of rotatable bonds is 5. The monoisotopic (exact) mass is 728 g/mol. The summed E-state index contributed by atoms with van der Waals surface area (Å²) >= 11 is 0. The molecule has 12 rings (SSSR count). The summed E-state index contributed by atoms with van der Waals surface area (Å²) in [6.45, 7) is 0. The molecule has 4 heterocycles. The van der Waals surface area contributed by atoms with E-state index in [2.05, 4.69) is 190 Å². The van der Waals surface area contributed by atoms with Crippen molar-refractivity contribution in [1.29, 1.82) is 0 Å². The van der Waals surface area contributed by atoms with Gasteiger partial charge >= 0.3 is 0 Å². The van der Waals surface area contributed by atoms with Gasteiger partial charge in [-0.1, -0.05) is 152 Å². The predicted octanol–water partition coefficient (Wildman–Crippen LogP) is 12.5. The van der Waals surface area contributed by atoms with Gasteiger partial charge in [0.15, 0.2) is 5.82 Å². The van der Waals surface area contributed by atoms with Crippen molar-refractivity contribution in [2.24, 2.45) is 0 Å². The fraction of sp³-hybridized carbons (Fsp3) is 0. The molecule has 266 valence electrons. The highest BCUT2D eigenvalue weighted by Crippen LogP contribution is 2.43. The predicted molar refractivity (Wildman–Crippen MR) is 234 cm³/mol. The number of hydrogen-bond donors (Lipinski definition) is 0. The summed E-state index contributed by atoms with van der Waals surface area (Å²) in [5.41, 5.74) is 10.9. The second-order valence-corrected chi connectivity index (χ2v) is 14.4. The third-order valence-electron chi connectivity index (χ3n) is 11.3. The van der Waals surface area contributed by atoms with Crippen LogP contribution in [0.2, 0.25) is 0 Å². The molecule has 12 aromatic rings. The third kappa shape index (κ3) is 4.68. The fourth-order valence-corrected chi connectivity index (χ4v) is 8.93. The zero-order valence-electron chi connectivity index (χ0n) is 30.7. The van der Waals surface area contributed by atoms with Gasteiger partial charge in [-0.15, -0.1) is 0 Å². The second-order valence-electron chi connectivity index (χ2n) is 14.4. The van der Waals surface area contributed by atoms with E-state index in [4.69, 9.17) is 15.0 Å². The first-order valence-corrected chi connectivity index (χ1v) is 19.2. The number of fused-ring (bicyclic) bond motifs is 10. The molecular weight excluding hydrogens is 697 g/mol. The Morgan fingerprint density at radius 3 is 1.26 bits per heavy atom. The summed E-state index contributed by atoms with van der Waals surface area (Å²) in [6.07, 6.45) is 0. The van der Waals surface area contributed by atoms with E-state index in [1.165, 1.54) is 21.9 Å². The van der Waals surface area contributed by atoms with Gasteiger partial charge in [0.2, 0.25) is 11.9 Å². The van der Waals surface area contributed by atoms with Crippen molar-refractivity contribution in [3.8, 4) is 40.1 Å². The molecule has 0 radical (unpaired) electrons.